The fraction of sp³-hybridized carbons (Fsp3) is 0.429. The maximum atomic E-state index is 12.6. The average molecular weight is 575 g/mol. The summed E-state index contributed by atoms with van der Waals surface area (Å²) in [4.78, 5) is 6.84. The number of nitrogens with zero attached hydrogens (tertiary/aromatic N) is 4. The lowest BCUT2D eigenvalue weighted by Gasteiger charge is -2.35. The van der Waals surface area contributed by atoms with E-state index < -0.39 is 10.0 Å². The molecule has 3 rings (SSSR count). The number of para-hydroxylation sites is 1. The first kappa shape index (κ1) is 26.1. The van der Waals surface area contributed by atoms with Gasteiger partial charge in [0.1, 0.15) is 24.4 Å². The highest BCUT2D eigenvalue weighted by Gasteiger charge is 2.29. The van der Waals surface area contributed by atoms with Gasteiger partial charge < -0.3 is 19.5 Å². The molecule has 9 nitrogen and oxygen atoms in total. The minimum absolute atomic E-state index is 0. The standard InChI is InChI=1S/C21H29N5O4S.HI/c1-3-14-29-20-8-6-5-7-18(20)16-23-21(22-4-2)25-10-12-26(13-11-25)31(27,28)17-19-9-15-30-24-19;/h3,5-9,15H,1,4,10-14,16-17H2,2H3,(H,22,23);1H. The first-order valence-corrected chi connectivity index (χ1v) is 11.9. The summed E-state index contributed by atoms with van der Waals surface area (Å²) in [5.74, 6) is 1.39. The highest BCUT2D eigenvalue weighted by molar-refractivity contribution is 14.0. The molecule has 2 heterocycles. The Morgan fingerprint density at radius 1 is 1.28 bits per heavy atom. The Bertz CT molecular complexity index is 974. The number of ether oxygens (including phenoxy) is 1. The van der Waals surface area contributed by atoms with Crippen LogP contribution in [0.2, 0.25) is 0 Å². The molecule has 0 bridgehead atoms. The van der Waals surface area contributed by atoms with E-state index in [9.17, 15) is 8.42 Å². The van der Waals surface area contributed by atoms with E-state index in [2.05, 4.69) is 22.0 Å². The van der Waals surface area contributed by atoms with E-state index in [0.29, 0.717) is 45.0 Å². The first-order valence-electron chi connectivity index (χ1n) is 10.3. The van der Waals surface area contributed by atoms with Crippen molar-refractivity contribution < 1.29 is 17.7 Å². The Kier molecular flexibility index (Phi) is 10.5. The number of hydrogen-bond acceptors (Lipinski definition) is 6. The lowest BCUT2D eigenvalue weighted by Crippen LogP contribution is -2.53. The van der Waals surface area contributed by atoms with Gasteiger partial charge in [0.25, 0.3) is 0 Å². The largest absolute Gasteiger partial charge is 0.489 e. The molecule has 1 saturated heterocycles. The van der Waals surface area contributed by atoms with Crippen LogP contribution in [0.4, 0.5) is 0 Å². The Labute approximate surface area is 206 Å². The molecule has 1 N–H and O–H groups in total. The zero-order valence-corrected chi connectivity index (χ0v) is 21.3. The summed E-state index contributed by atoms with van der Waals surface area (Å²) < 4.78 is 37.2. The van der Waals surface area contributed by atoms with Crippen molar-refractivity contribution in [3.8, 4) is 5.75 Å². The fourth-order valence-electron chi connectivity index (χ4n) is 3.28. The summed E-state index contributed by atoms with van der Waals surface area (Å²) in [6.45, 7) is 9.20. The number of guanidine groups is 1. The van der Waals surface area contributed by atoms with E-state index in [1.165, 1.54) is 10.6 Å². The zero-order chi connectivity index (χ0) is 22.1. The molecule has 176 valence electrons. The van der Waals surface area contributed by atoms with Crippen molar-refractivity contribution in [2.45, 2.75) is 19.2 Å². The number of piperazine rings is 1. The van der Waals surface area contributed by atoms with Crippen molar-refractivity contribution in [2.24, 2.45) is 4.99 Å². The predicted octanol–water partition coefficient (Wildman–Crippen LogP) is 2.47. The number of rotatable bonds is 9. The van der Waals surface area contributed by atoms with Gasteiger partial charge >= 0.3 is 0 Å². The molecule has 1 aliphatic rings. The number of nitrogens with one attached hydrogen (secondary N) is 1. The second kappa shape index (κ2) is 12.8. The maximum Gasteiger partial charge on any atom is 0.220 e. The van der Waals surface area contributed by atoms with E-state index in [4.69, 9.17) is 14.3 Å². The summed E-state index contributed by atoms with van der Waals surface area (Å²) >= 11 is 0. The molecule has 0 atom stereocenters. The van der Waals surface area contributed by atoms with Crippen LogP contribution in [0.1, 0.15) is 18.2 Å². The summed E-state index contributed by atoms with van der Waals surface area (Å²) in [5.41, 5.74) is 1.39. The molecule has 11 heteroatoms. The minimum atomic E-state index is -3.44. The van der Waals surface area contributed by atoms with Gasteiger partial charge in [0.15, 0.2) is 5.96 Å². The van der Waals surface area contributed by atoms with Crippen LogP contribution in [-0.2, 0) is 22.3 Å². The van der Waals surface area contributed by atoms with Crippen LogP contribution in [0.25, 0.3) is 0 Å². The van der Waals surface area contributed by atoms with Crippen LogP contribution in [0.15, 0.2) is 58.8 Å². The van der Waals surface area contributed by atoms with Crippen LogP contribution in [0.3, 0.4) is 0 Å². The third-order valence-electron chi connectivity index (χ3n) is 4.82. The highest BCUT2D eigenvalue weighted by atomic mass is 127. The molecule has 0 amide bonds. The van der Waals surface area contributed by atoms with Gasteiger partial charge in [-0.15, -0.1) is 24.0 Å². The van der Waals surface area contributed by atoms with Gasteiger partial charge in [-0.2, -0.15) is 4.31 Å². The van der Waals surface area contributed by atoms with Crippen LogP contribution in [-0.4, -0.2) is 68.1 Å². The highest BCUT2D eigenvalue weighted by Crippen LogP contribution is 2.19. The van der Waals surface area contributed by atoms with Gasteiger partial charge in [0.2, 0.25) is 10.0 Å². The smallest absolute Gasteiger partial charge is 0.220 e. The monoisotopic (exact) mass is 575 g/mol. The lowest BCUT2D eigenvalue weighted by atomic mass is 10.2. The Balaban J connectivity index is 0.00000363. The average Bonchev–Trinajstić information content (AvgIpc) is 3.28. The van der Waals surface area contributed by atoms with Gasteiger partial charge in [0.05, 0.1) is 12.2 Å². The van der Waals surface area contributed by atoms with E-state index in [-0.39, 0.29) is 29.7 Å². The number of benzene rings is 1. The third-order valence-corrected chi connectivity index (χ3v) is 6.63. The topological polar surface area (TPSA) is 100 Å². The van der Waals surface area contributed by atoms with Crippen LogP contribution >= 0.6 is 24.0 Å². The van der Waals surface area contributed by atoms with Crippen molar-refractivity contribution in [2.75, 3.05) is 39.3 Å². The Hall–Kier alpha value is -2.12. The predicted molar refractivity (Wildman–Crippen MR) is 135 cm³/mol. The van der Waals surface area contributed by atoms with E-state index in [1.54, 1.807) is 12.1 Å². The van der Waals surface area contributed by atoms with Crippen molar-refractivity contribution >= 4 is 40.0 Å². The lowest BCUT2D eigenvalue weighted by molar-refractivity contribution is 0.259. The van der Waals surface area contributed by atoms with Gasteiger partial charge in [-0.05, 0) is 13.0 Å². The molecule has 1 aliphatic heterocycles. The molecule has 1 aromatic heterocycles. The number of aliphatic imine (C=N–C) groups is 1. The van der Waals surface area contributed by atoms with Crippen LogP contribution in [0.5, 0.6) is 5.75 Å². The summed E-state index contributed by atoms with van der Waals surface area (Å²) in [6.07, 6.45) is 3.09. The van der Waals surface area contributed by atoms with E-state index >= 15 is 0 Å². The number of halogens is 1. The van der Waals surface area contributed by atoms with E-state index in [1.807, 2.05) is 31.2 Å². The molecule has 0 unspecified atom stereocenters. The molecule has 0 aliphatic carbocycles. The van der Waals surface area contributed by atoms with Crippen LogP contribution < -0.4 is 10.1 Å². The van der Waals surface area contributed by atoms with Crippen molar-refractivity contribution in [1.82, 2.24) is 19.7 Å². The quantitative estimate of drug-likeness (QED) is 0.212. The van der Waals surface area contributed by atoms with Gasteiger partial charge in [-0.3, -0.25) is 0 Å². The Morgan fingerprint density at radius 3 is 2.69 bits per heavy atom. The van der Waals surface area contributed by atoms with Gasteiger partial charge in [-0.1, -0.05) is 36.0 Å². The van der Waals surface area contributed by atoms with Crippen molar-refractivity contribution in [3.63, 3.8) is 0 Å². The number of aromatic nitrogens is 1. The number of hydrogen-bond donors (Lipinski definition) is 1. The molecule has 1 aromatic carbocycles. The normalized spacial score (nSPS) is 15.2. The first-order chi connectivity index (χ1) is 15.0. The molecular formula is C21H30IN5O4S. The van der Waals surface area contributed by atoms with E-state index in [0.717, 1.165) is 23.8 Å². The molecule has 0 saturated carbocycles. The minimum Gasteiger partial charge on any atom is -0.489 e. The summed E-state index contributed by atoms with van der Waals surface area (Å²) in [7, 11) is -3.44. The van der Waals surface area contributed by atoms with Gasteiger partial charge in [0, 0.05) is 44.4 Å². The zero-order valence-electron chi connectivity index (χ0n) is 18.1. The SMILES string of the molecule is C=CCOc1ccccc1CN=C(NCC)N1CCN(S(=O)(=O)Cc2ccon2)CC1.I. The molecule has 32 heavy (non-hydrogen) atoms. The summed E-state index contributed by atoms with van der Waals surface area (Å²) in [5, 5.41) is 7.01. The van der Waals surface area contributed by atoms with Crippen LogP contribution in [0, 0.1) is 0 Å². The molecule has 2 aromatic rings. The maximum absolute atomic E-state index is 12.6. The third kappa shape index (κ3) is 7.20. The molecule has 0 radical (unpaired) electrons. The van der Waals surface area contributed by atoms with Crippen molar-refractivity contribution in [1.29, 1.82) is 0 Å². The molecule has 0 spiro atoms. The second-order valence-electron chi connectivity index (χ2n) is 7.01. The fourth-order valence-corrected chi connectivity index (χ4v) is 4.70. The molecular weight excluding hydrogens is 545 g/mol. The molecule has 1 fully saturated rings. The summed E-state index contributed by atoms with van der Waals surface area (Å²) in [6, 6.07) is 9.35. The number of sulfonamides is 1. The Morgan fingerprint density at radius 2 is 2.03 bits per heavy atom. The van der Waals surface area contributed by atoms with Crippen molar-refractivity contribution in [3.05, 3.63) is 60.5 Å². The van der Waals surface area contributed by atoms with Gasteiger partial charge in [-0.25, -0.2) is 13.4 Å². The second-order valence-corrected chi connectivity index (χ2v) is 8.98.